The molecule has 7 nitrogen and oxygen atoms in total. The van der Waals surface area contributed by atoms with E-state index in [9.17, 15) is 9.59 Å². The van der Waals surface area contributed by atoms with Crippen LogP contribution >= 0.6 is 0 Å². The van der Waals surface area contributed by atoms with E-state index in [0.717, 1.165) is 0 Å². The van der Waals surface area contributed by atoms with Crippen LogP contribution in [0.15, 0.2) is 60.9 Å². The van der Waals surface area contributed by atoms with Gasteiger partial charge in [-0.2, -0.15) is 0 Å². The molecule has 0 saturated carbocycles. The van der Waals surface area contributed by atoms with Gasteiger partial charge in [0.15, 0.2) is 0 Å². The van der Waals surface area contributed by atoms with Crippen molar-refractivity contribution in [3.63, 3.8) is 0 Å². The van der Waals surface area contributed by atoms with E-state index in [2.05, 4.69) is 34.4 Å². The molecule has 1 aromatic heterocycles. The summed E-state index contributed by atoms with van der Waals surface area (Å²) in [5, 5.41) is 5.82. The molecule has 29 heavy (non-hydrogen) atoms. The lowest BCUT2D eigenvalue weighted by molar-refractivity contribution is 0.0601. The number of anilines is 3. The summed E-state index contributed by atoms with van der Waals surface area (Å²) < 4.78 is 4.77. The average molecular weight is 390 g/mol. The summed E-state index contributed by atoms with van der Waals surface area (Å²) in [6.45, 7) is 4.23. The Hall–Kier alpha value is -3.74. The molecule has 0 atom stereocenters. The van der Waals surface area contributed by atoms with Crippen LogP contribution in [0.1, 0.15) is 46.2 Å². The summed E-state index contributed by atoms with van der Waals surface area (Å²) in [4.78, 5) is 32.6. The fourth-order valence-corrected chi connectivity index (χ4v) is 2.67. The first kappa shape index (κ1) is 20.0. The van der Waals surface area contributed by atoms with E-state index in [1.807, 2.05) is 24.3 Å². The Bertz CT molecular complexity index is 999. The molecule has 0 saturated heterocycles. The molecular weight excluding hydrogens is 368 g/mol. The molecule has 0 aliphatic heterocycles. The topological polar surface area (TPSA) is 93.2 Å². The van der Waals surface area contributed by atoms with Crippen LogP contribution in [0.2, 0.25) is 0 Å². The molecule has 0 radical (unpaired) electrons. The Kier molecular flexibility index (Phi) is 6.19. The third kappa shape index (κ3) is 4.95. The highest BCUT2D eigenvalue weighted by molar-refractivity contribution is 6.02. The van der Waals surface area contributed by atoms with E-state index in [4.69, 9.17) is 4.74 Å². The van der Waals surface area contributed by atoms with Gasteiger partial charge in [-0.3, -0.25) is 4.79 Å². The van der Waals surface area contributed by atoms with Gasteiger partial charge in [-0.1, -0.05) is 38.1 Å². The van der Waals surface area contributed by atoms with Crippen molar-refractivity contribution in [1.82, 2.24) is 9.97 Å². The number of esters is 1. The predicted octanol–water partition coefficient (Wildman–Crippen LogP) is 4.38. The second kappa shape index (κ2) is 8.97. The third-order valence-electron chi connectivity index (χ3n) is 4.31. The molecule has 0 aliphatic rings. The van der Waals surface area contributed by atoms with Crippen LogP contribution in [0.3, 0.4) is 0 Å². The van der Waals surface area contributed by atoms with Gasteiger partial charge in [0.2, 0.25) is 0 Å². The smallest absolute Gasteiger partial charge is 0.339 e. The minimum absolute atomic E-state index is 0.185. The zero-order valence-corrected chi connectivity index (χ0v) is 16.5. The number of ether oxygens (including phenoxy) is 1. The number of amides is 1. The minimum atomic E-state index is -0.458. The van der Waals surface area contributed by atoms with Crippen molar-refractivity contribution < 1.29 is 14.3 Å². The number of hydrogen-bond acceptors (Lipinski definition) is 6. The monoisotopic (exact) mass is 390 g/mol. The van der Waals surface area contributed by atoms with Crippen LogP contribution in [0.25, 0.3) is 0 Å². The molecule has 1 amide bonds. The van der Waals surface area contributed by atoms with Gasteiger partial charge in [-0.25, -0.2) is 14.8 Å². The average Bonchev–Trinajstić information content (AvgIpc) is 2.74. The molecule has 0 bridgehead atoms. The van der Waals surface area contributed by atoms with Crippen LogP contribution in [-0.2, 0) is 4.74 Å². The maximum Gasteiger partial charge on any atom is 0.339 e. The minimum Gasteiger partial charge on any atom is -0.465 e. The Morgan fingerprint density at radius 3 is 2.31 bits per heavy atom. The van der Waals surface area contributed by atoms with Crippen LogP contribution in [0, 0.1) is 0 Å². The van der Waals surface area contributed by atoms with Crippen LogP contribution < -0.4 is 10.6 Å². The number of carbonyl (C=O) groups is 2. The zero-order valence-electron chi connectivity index (χ0n) is 16.5. The number of nitrogens with zero attached hydrogens (tertiary/aromatic N) is 2. The second-order valence-electron chi connectivity index (χ2n) is 6.68. The summed E-state index contributed by atoms with van der Waals surface area (Å²) in [7, 11) is 1.32. The molecule has 3 aromatic rings. The van der Waals surface area contributed by atoms with Crippen LogP contribution in [0.4, 0.5) is 17.2 Å². The molecule has 3 rings (SSSR count). The van der Waals surface area contributed by atoms with Crippen LogP contribution in [0.5, 0.6) is 0 Å². The molecule has 0 unspecified atom stereocenters. The first-order valence-corrected chi connectivity index (χ1v) is 9.15. The molecule has 1 heterocycles. The summed E-state index contributed by atoms with van der Waals surface area (Å²) in [5.74, 6) is 0.0195. The Balaban J connectivity index is 1.69. The van der Waals surface area contributed by atoms with E-state index >= 15 is 0 Å². The van der Waals surface area contributed by atoms with Crippen molar-refractivity contribution in [2.24, 2.45) is 0 Å². The standard InChI is InChI=1S/C22H22N4O3/c1-14(2)15-8-10-16(11-9-15)25-21(27)19-12-24-20(13-23-19)26-18-7-5-4-6-17(18)22(28)29-3/h4-14H,1-3H3,(H,24,26)(H,25,27). The first-order valence-electron chi connectivity index (χ1n) is 9.15. The molecule has 0 spiro atoms. The van der Waals surface area contributed by atoms with Crippen molar-refractivity contribution >= 4 is 29.1 Å². The third-order valence-corrected chi connectivity index (χ3v) is 4.31. The summed E-state index contributed by atoms with van der Waals surface area (Å²) in [6, 6.07) is 14.6. The van der Waals surface area contributed by atoms with Gasteiger partial charge in [0, 0.05) is 5.69 Å². The normalized spacial score (nSPS) is 10.5. The number of carbonyl (C=O) groups excluding carboxylic acids is 2. The Labute approximate surface area is 169 Å². The van der Waals surface area contributed by atoms with Crippen molar-refractivity contribution in [1.29, 1.82) is 0 Å². The summed E-state index contributed by atoms with van der Waals surface area (Å²) in [5.41, 5.74) is 2.99. The lowest BCUT2D eigenvalue weighted by Gasteiger charge is -2.10. The molecule has 148 valence electrons. The zero-order chi connectivity index (χ0) is 20.8. The number of aromatic nitrogens is 2. The lowest BCUT2D eigenvalue weighted by atomic mass is 10.0. The number of rotatable bonds is 6. The highest BCUT2D eigenvalue weighted by Crippen LogP contribution is 2.20. The molecular formula is C22H22N4O3. The quantitative estimate of drug-likeness (QED) is 0.607. The summed E-state index contributed by atoms with van der Waals surface area (Å²) in [6.07, 6.45) is 2.81. The van der Waals surface area contributed by atoms with Gasteiger partial charge in [0.25, 0.3) is 5.91 Å². The summed E-state index contributed by atoms with van der Waals surface area (Å²) >= 11 is 0. The fourth-order valence-electron chi connectivity index (χ4n) is 2.67. The molecule has 0 aliphatic carbocycles. The van der Waals surface area contributed by atoms with Crippen molar-refractivity contribution in [2.45, 2.75) is 19.8 Å². The van der Waals surface area contributed by atoms with Gasteiger partial charge in [-0.15, -0.1) is 0 Å². The largest absolute Gasteiger partial charge is 0.465 e. The highest BCUT2D eigenvalue weighted by Gasteiger charge is 2.13. The Morgan fingerprint density at radius 1 is 0.966 bits per heavy atom. The van der Waals surface area contributed by atoms with E-state index in [1.165, 1.54) is 25.1 Å². The van der Waals surface area contributed by atoms with Crippen molar-refractivity contribution in [3.05, 3.63) is 77.7 Å². The van der Waals surface area contributed by atoms with Gasteiger partial charge in [-0.05, 0) is 35.7 Å². The van der Waals surface area contributed by atoms with Crippen molar-refractivity contribution in [3.8, 4) is 0 Å². The van der Waals surface area contributed by atoms with Crippen LogP contribution in [-0.4, -0.2) is 29.0 Å². The van der Waals surface area contributed by atoms with E-state index < -0.39 is 5.97 Å². The molecule has 2 aromatic carbocycles. The van der Waals surface area contributed by atoms with Gasteiger partial charge < -0.3 is 15.4 Å². The maximum atomic E-state index is 12.4. The molecule has 0 fully saturated rings. The van der Waals surface area contributed by atoms with E-state index in [1.54, 1.807) is 24.3 Å². The molecule has 7 heteroatoms. The fraction of sp³-hybridized carbons (Fsp3) is 0.182. The highest BCUT2D eigenvalue weighted by atomic mass is 16.5. The number of benzene rings is 2. The predicted molar refractivity (Wildman–Crippen MR) is 112 cm³/mol. The van der Waals surface area contributed by atoms with E-state index in [-0.39, 0.29) is 11.6 Å². The first-order chi connectivity index (χ1) is 14.0. The number of para-hydroxylation sites is 1. The van der Waals surface area contributed by atoms with Gasteiger partial charge in [0.1, 0.15) is 11.5 Å². The van der Waals surface area contributed by atoms with E-state index in [0.29, 0.717) is 28.7 Å². The second-order valence-corrected chi connectivity index (χ2v) is 6.68. The SMILES string of the molecule is COC(=O)c1ccccc1Nc1cnc(C(=O)Nc2ccc(C(C)C)cc2)cn1. The van der Waals surface area contributed by atoms with Crippen molar-refractivity contribution in [2.75, 3.05) is 17.7 Å². The number of methoxy groups -OCH3 is 1. The van der Waals surface area contributed by atoms with Gasteiger partial charge >= 0.3 is 5.97 Å². The van der Waals surface area contributed by atoms with Gasteiger partial charge in [0.05, 0.1) is 30.8 Å². The number of nitrogens with one attached hydrogen (secondary N) is 2. The Morgan fingerprint density at radius 2 is 1.69 bits per heavy atom. The number of hydrogen-bond donors (Lipinski definition) is 2. The maximum absolute atomic E-state index is 12.4. The molecule has 2 N–H and O–H groups in total. The lowest BCUT2D eigenvalue weighted by Crippen LogP contribution is -2.14.